The Morgan fingerprint density at radius 2 is 1.59 bits per heavy atom. The SMILES string of the molecule is CC(C(=O)OCCO)C(C)C(=O)OC(C)(C)C. The van der Waals surface area contributed by atoms with Gasteiger partial charge in [0.05, 0.1) is 18.4 Å². The molecule has 17 heavy (non-hydrogen) atoms. The molecule has 0 saturated heterocycles. The zero-order valence-corrected chi connectivity index (χ0v) is 11.1. The zero-order valence-electron chi connectivity index (χ0n) is 11.1. The van der Waals surface area contributed by atoms with E-state index in [2.05, 4.69) is 0 Å². The third kappa shape index (κ3) is 6.26. The van der Waals surface area contributed by atoms with Crippen LogP contribution in [-0.2, 0) is 19.1 Å². The summed E-state index contributed by atoms with van der Waals surface area (Å²) in [6.45, 7) is 8.27. The van der Waals surface area contributed by atoms with Gasteiger partial charge in [-0.1, -0.05) is 13.8 Å². The van der Waals surface area contributed by atoms with Crippen LogP contribution in [-0.4, -0.2) is 35.9 Å². The van der Waals surface area contributed by atoms with Crippen LogP contribution >= 0.6 is 0 Å². The van der Waals surface area contributed by atoms with E-state index in [0.717, 1.165) is 0 Å². The van der Waals surface area contributed by atoms with Gasteiger partial charge in [-0.2, -0.15) is 0 Å². The minimum atomic E-state index is -0.587. The molecule has 2 atom stereocenters. The molecule has 0 rings (SSSR count). The van der Waals surface area contributed by atoms with Crippen molar-refractivity contribution in [2.45, 2.75) is 40.2 Å². The highest BCUT2D eigenvalue weighted by Crippen LogP contribution is 2.18. The maximum absolute atomic E-state index is 11.7. The smallest absolute Gasteiger partial charge is 0.310 e. The topological polar surface area (TPSA) is 72.8 Å². The van der Waals surface area contributed by atoms with E-state index in [9.17, 15) is 9.59 Å². The van der Waals surface area contributed by atoms with E-state index >= 15 is 0 Å². The summed E-state index contributed by atoms with van der Waals surface area (Å²) in [5.74, 6) is -2.08. The molecule has 0 amide bonds. The van der Waals surface area contributed by atoms with Crippen LogP contribution in [0.1, 0.15) is 34.6 Å². The van der Waals surface area contributed by atoms with Crippen molar-refractivity contribution in [1.82, 2.24) is 0 Å². The van der Waals surface area contributed by atoms with Crippen LogP contribution in [0, 0.1) is 11.8 Å². The lowest BCUT2D eigenvalue weighted by atomic mass is 9.96. The van der Waals surface area contributed by atoms with Crippen LogP contribution in [0.5, 0.6) is 0 Å². The van der Waals surface area contributed by atoms with Gasteiger partial charge in [0.2, 0.25) is 0 Å². The van der Waals surface area contributed by atoms with Crippen LogP contribution in [0.2, 0.25) is 0 Å². The number of ether oxygens (including phenoxy) is 2. The summed E-state index contributed by atoms with van der Waals surface area (Å²) in [5, 5.41) is 8.53. The van der Waals surface area contributed by atoms with Gasteiger partial charge < -0.3 is 14.6 Å². The van der Waals surface area contributed by atoms with Gasteiger partial charge in [0.15, 0.2) is 0 Å². The number of aliphatic hydroxyl groups is 1. The van der Waals surface area contributed by atoms with Crippen LogP contribution in [0.15, 0.2) is 0 Å². The van der Waals surface area contributed by atoms with E-state index < -0.39 is 29.4 Å². The molecule has 100 valence electrons. The lowest BCUT2D eigenvalue weighted by Crippen LogP contribution is -2.33. The molecular formula is C12H22O5. The third-order valence-electron chi connectivity index (χ3n) is 2.24. The highest BCUT2D eigenvalue weighted by Gasteiger charge is 2.30. The van der Waals surface area contributed by atoms with Crippen LogP contribution in [0.3, 0.4) is 0 Å². The van der Waals surface area contributed by atoms with Crippen molar-refractivity contribution in [2.24, 2.45) is 11.8 Å². The molecule has 1 N–H and O–H groups in total. The minimum absolute atomic E-state index is 0.0514. The summed E-state index contributed by atoms with van der Waals surface area (Å²) in [7, 11) is 0. The molecule has 0 aliphatic rings. The molecule has 0 fully saturated rings. The van der Waals surface area contributed by atoms with Gasteiger partial charge in [-0.05, 0) is 20.8 Å². The number of rotatable bonds is 5. The van der Waals surface area contributed by atoms with Gasteiger partial charge in [-0.25, -0.2) is 0 Å². The second kappa shape index (κ2) is 6.59. The number of hydrogen-bond acceptors (Lipinski definition) is 5. The van der Waals surface area contributed by atoms with Crippen molar-refractivity contribution in [3.8, 4) is 0 Å². The Labute approximate surface area is 102 Å². The van der Waals surface area contributed by atoms with Crippen molar-refractivity contribution < 1.29 is 24.2 Å². The normalized spacial score (nSPS) is 14.9. The van der Waals surface area contributed by atoms with E-state index in [0.29, 0.717) is 0 Å². The number of aliphatic hydroxyl groups excluding tert-OH is 1. The van der Waals surface area contributed by atoms with E-state index in [1.54, 1.807) is 34.6 Å². The molecule has 0 aromatic carbocycles. The van der Waals surface area contributed by atoms with Crippen LogP contribution < -0.4 is 0 Å². The first-order valence-electron chi connectivity index (χ1n) is 5.69. The highest BCUT2D eigenvalue weighted by molar-refractivity contribution is 5.81. The maximum Gasteiger partial charge on any atom is 0.310 e. The molecule has 2 unspecified atom stereocenters. The predicted octanol–water partition coefficient (Wildman–Crippen LogP) is 1.14. The fourth-order valence-electron chi connectivity index (χ4n) is 1.08. The van der Waals surface area contributed by atoms with Crippen molar-refractivity contribution in [3.05, 3.63) is 0 Å². The van der Waals surface area contributed by atoms with Gasteiger partial charge in [-0.3, -0.25) is 9.59 Å². The predicted molar refractivity (Wildman–Crippen MR) is 62.2 cm³/mol. The Balaban J connectivity index is 4.33. The lowest BCUT2D eigenvalue weighted by Gasteiger charge is -2.24. The van der Waals surface area contributed by atoms with Crippen LogP contribution in [0.4, 0.5) is 0 Å². The van der Waals surface area contributed by atoms with E-state index in [4.69, 9.17) is 14.6 Å². The average Bonchev–Trinajstić information content (AvgIpc) is 2.21. The highest BCUT2D eigenvalue weighted by atomic mass is 16.6. The summed E-state index contributed by atoms with van der Waals surface area (Å²) in [6, 6.07) is 0. The summed E-state index contributed by atoms with van der Waals surface area (Å²) >= 11 is 0. The van der Waals surface area contributed by atoms with Crippen LogP contribution in [0.25, 0.3) is 0 Å². The summed E-state index contributed by atoms with van der Waals surface area (Å²) in [5.41, 5.74) is -0.569. The van der Waals surface area contributed by atoms with Gasteiger partial charge >= 0.3 is 11.9 Å². The van der Waals surface area contributed by atoms with Crippen molar-refractivity contribution in [1.29, 1.82) is 0 Å². The molecule has 0 bridgehead atoms. The first kappa shape index (κ1) is 15.9. The molecule has 0 aromatic rings. The Kier molecular flexibility index (Phi) is 6.16. The fourth-order valence-corrected chi connectivity index (χ4v) is 1.08. The van der Waals surface area contributed by atoms with Gasteiger partial charge in [0.1, 0.15) is 12.2 Å². The van der Waals surface area contributed by atoms with E-state index in [1.807, 2.05) is 0 Å². The van der Waals surface area contributed by atoms with E-state index in [-0.39, 0.29) is 13.2 Å². The molecule has 0 aromatic heterocycles. The Morgan fingerprint density at radius 1 is 1.12 bits per heavy atom. The Hall–Kier alpha value is -1.10. The first-order chi connectivity index (χ1) is 7.69. The minimum Gasteiger partial charge on any atom is -0.463 e. The first-order valence-corrected chi connectivity index (χ1v) is 5.69. The monoisotopic (exact) mass is 246 g/mol. The molecule has 0 aliphatic heterocycles. The number of esters is 2. The number of carbonyl (C=O) groups is 2. The van der Waals surface area contributed by atoms with Crippen molar-refractivity contribution >= 4 is 11.9 Å². The molecule has 0 aliphatic carbocycles. The number of hydrogen-bond donors (Lipinski definition) is 1. The summed E-state index contributed by atoms with van der Waals surface area (Å²) in [6.07, 6.45) is 0. The molecular weight excluding hydrogens is 224 g/mol. The lowest BCUT2D eigenvalue weighted by molar-refractivity contribution is -0.167. The van der Waals surface area contributed by atoms with Gasteiger partial charge in [0, 0.05) is 0 Å². The summed E-state index contributed by atoms with van der Waals surface area (Å²) in [4.78, 5) is 23.2. The summed E-state index contributed by atoms with van der Waals surface area (Å²) < 4.78 is 9.94. The molecule has 5 nitrogen and oxygen atoms in total. The largest absolute Gasteiger partial charge is 0.463 e. The molecule has 0 radical (unpaired) electrons. The second-order valence-electron chi connectivity index (χ2n) is 5.00. The van der Waals surface area contributed by atoms with Crippen molar-refractivity contribution in [3.63, 3.8) is 0 Å². The maximum atomic E-state index is 11.7. The zero-order chi connectivity index (χ0) is 13.6. The molecule has 0 spiro atoms. The quantitative estimate of drug-likeness (QED) is 0.736. The molecule has 0 saturated carbocycles. The third-order valence-corrected chi connectivity index (χ3v) is 2.24. The standard InChI is InChI=1S/C12H22O5/c1-8(10(14)16-7-6-13)9(2)11(15)17-12(3,4)5/h8-9,13H,6-7H2,1-5H3. The Morgan fingerprint density at radius 3 is 2.00 bits per heavy atom. The molecule has 0 heterocycles. The number of carbonyl (C=O) groups excluding carboxylic acids is 2. The second-order valence-corrected chi connectivity index (χ2v) is 5.00. The van der Waals surface area contributed by atoms with E-state index in [1.165, 1.54) is 0 Å². The fraction of sp³-hybridized carbons (Fsp3) is 0.833. The van der Waals surface area contributed by atoms with Gasteiger partial charge in [-0.15, -0.1) is 0 Å². The van der Waals surface area contributed by atoms with Gasteiger partial charge in [0.25, 0.3) is 0 Å². The Bertz CT molecular complexity index is 267. The van der Waals surface area contributed by atoms with Crippen molar-refractivity contribution in [2.75, 3.05) is 13.2 Å². The average molecular weight is 246 g/mol. The molecule has 5 heteroatoms.